The van der Waals surface area contributed by atoms with Gasteiger partial charge in [0.15, 0.2) is 0 Å². The number of aryl methyl sites for hydroxylation is 2. The fourth-order valence-electron chi connectivity index (χ4n) is 2.03. The summed E-state index contributed by atoms with van der Waals surface area (Å²) in [6, 6.07) is 12.7. The molecule has 0 heterocycles. The minimum absolute atomic E-state index is 0.280. The minimum Gasteiger partial charge on any atom is -0.279 e. The second-order valence-corrected chi connectivity index (χ2v) is 7.33. The number of nitrogens with one attached hydrogen (secondary N) is 1. The molecule has 3 nitrogen and oxygen atoms in total. The van der Waals surface area contributed by atoms with E-state index in [4.69, 9.17) is 0 Å². The average molecular weight is 303 g/mol. The molecule has 0 unspecified atom stereocenters. The summed E-state index contributed by atoms with van der Waals surface area (Å²) < 4.78 is 27.6. The largest absolute Gasteiger partial charge is 0.279 e. The second-order valence-electron chi connectivity index (χ2n) is 5.65. The van der Waals surface area contributed by atoms with E-state index < -0.39 is 10.0 Å². The summed E-state index contributed by atoms with van der Waals surface area (Å²) in [5.41, 5.74) is 3.70. The van der Waals surface area contributed by atoms with Crippen LogP contribution in [0.4, 0.5) is 5.69 Å². The average Bonchev–Trinajstić information content (AvgIpc) is 2.41. The van der Waals surface area contributed by atoms with Gasteiger partial charge in [-0.2, -0.15) is 0 Å². The van der Waals surface area contributed by atoms with Crippen LogP contribution in [0.25, 0.3) is 0 Å². The molecule has 112 valence electrons. The predicted octanol–water partition coefficient (Wildman–Crippen LogP) is 4.23. The van der Waals surface area contributed by atoms with Crippen LogP contribution in [0.15, 0.2) is 47.4 Å². The van der Waals surface area contributed by atoms with E-state index in [0.717, 1.165) is 16.7 Å². The van der Waals surface area contributed by atoms with Crippen LogP contribution >= 0.6 is 0 Å². The Morgan fingerprint density at radius 3 is 2.14 bits per heavy atom. The smallest absolute Gasteiger partial charge is 0.261 e. The van der Waals surface area contributed by atoms with Gasteiger partial charge >= 0.3 is 0 Å². The van der Waals surface area contributed by atoms with Gasteiger partial charge in [-0.15, -0.1) is 0 Å². The molecular formula is C17H21NO2S. The SMILES string of the molecule is Cc1ccc(S(=O)(=O)Nc2cc(C(C)C)ccc2C)cc1. The van der Waals surface area contributed by atoms with E-state index in [9.17, 15) is 8.42 Å². The highest BCUT2D eigenvalue weighted by atomic mass is 32.2. The van der Waals surface area contributed by atoms with Gasteiger partial charge in [-0.25, -0.2) is 8.42 Å². The lowest BCUT2D eigenvalue weighted by molar-refractivity contribution is 0.601. The third kappa shape index (κ3) is 3.64. The van der Waals surface area contributed by atoms with Crippen LogP contribution in [0.3, 0.4) is 0 Å². The van der Waals surface area contributed by atoms with E-state index >= 15 is 0 Å². The van der Waals surface area contributed by atoms with Crippen molar-refractivity contribution in [2.24, 2.45) is 0 Å². The van der Waals surface area contributed by atoms with Crippen molar-refractivity contribution in [3.05, 3.63) is 59.2 Å². The van der Waals surface area contributed by atoms with Gasteiger partial charge in [-0.3, -0.25) is 4.72 Å². The van der Waals surface area contributed by atoms with Crippen molar-refractivity contribution in [1.29, 1.82) is 0 Å². The van der Waals surface area contributed by atoms with E-state index in [1.807, 2.05) is 32.0 Å². The van der Waals surface area contributed by atoms with E-state index in [1.54, 1.807) is 24.3 Å². The lowest BCUT2D eigenvalue weighted by Gasteiger charge is -2.14. The molecule has 0 amide bonds. The lowest BCUT2D eigenvalue weighted by Crippen LogP contribution is -2.14. The Bertz CT molecular complexity index is 732. The van der Waals surface area contributed by atoms with Crippen molar-refractivity contribution in [2.75, 3.05) is 4.72 Å². The highest BCUT2D eigenvalue weighted by Crippen LogP contribution is 2.24. The first kappa shape index (κ1) is 15.6. The Hall–Kier alpha value is -1.81. The molecule has 1 N–H and O–H groups in total. The number of hydrogen-bond donors (Lipinski definition) is 1. The van der Waals surface area contributed by atoms with Gasteiger partial charge in [-0.1, -0.05) is 43.7 Å². The third-order valence-electron chi connectivity index (χ3n) is 3.50. The molecule has 0 fully saturated rings. The Kier molecular flexibility index (Phi) is 4.37. The van der Waals surface area contributed by atoms with Crippen LogP contribution in [0.5, 0.6) is 0 Å². The maximum atomic E-state index is 12.4. The topological polar surface area (TPSA) is 46.2 Å². The molecule has 0 saturated carbocycles. The lowest BCUT2D eigenvalue weighted by atomic mass is 10.0. The number of anilines is 1. The molecule has 0 aliphatic heterocycles. The van der Waals surface area contributed by atoms with Crippen LogP contribution in [0.1, 0.15) is 36.5 Å². The molecule has 0 atom stereocenters. The molecule has 4 heteroatoms. The zero-order valence-corrected chi connectivity index (χ0v) is 13.7. The quantitative estimate of drug-likeness (QED) is 0.919. The third-order valence-corrected chi connectivity index (χ3v) is 4.89. The van der Waals surface area contributed by atoms with Crippen molar-refractivity contribution >= 4 is 15.7 Å². The van der Waals surface area contributed by atoms with Gasteiger partial charge in [0.1, 0.15) is 0 Å². The Balaban J connectivity index is 2.36. The molecule has 0 aliphatic carbocycles. The van der Waals surface area contributed by atoms with Gasteiger partial charge in [0.25, 0.3) is 10.0 Å². The molecule has 0 bridgehead atoms. The van der Waals surface area contributed by atoms with Gasteiger partial charge in [0.2, 0.25) is 0 Å². The van der Waals surface area contributed by atoms with Gasteiger partial charge in [0.05, 0.1) is 10.6 Å². The molecule has 21 heavy (non-hydrogen) atoms. The molecule has 0 saturated heterocycles. The van der Waals surface area contributed by atoms with Gasteiger partial charge in [0, 0.05) is 0 Å². The summed E-state index contributed by atoms with van der Waals surface area (Å²) in [6.45, 7) is 8.00. The van der Waals surface area contributed by atoms with Crippen LogP contribution in [0, 0.1) is 13.8 Å². The summed E-state index contributed by atoms with van der Waals surface area (Å²) in [4.78, 5) is 0.280. The van der Waals surface area contributed by atoms with Crippen molar-refractivity contribution < 1.29 is 8.42 Å². The summed E-state index contributed by atoms with van der Waals surface area (Å²) in [6.07, 6.45) is 0. The van der Waals surface area contributed by atoms with Crippen molar-refractivity contribution in [3.63, 3.8) is 0 Å². The minimum atomic E-state index is -3.55. The fraction of sp³-hybridized carbons (Fsp3) is 0.294. The Morgan fingerprint density at radius 1 is 0.952 bits per heavy atom. The molecule has 2 aromatic carbocycles. The van der Waals surface area contributed by atoms with E-state index in [-0.39, 0.29) is 4.90 Å². The molecule has 0 radical (unpaired) electrons. The van der Waals surface area contributed by atoms with E-state index in [1.165, 1.54) is 0 Å². The first-order chi connectivity index (χ1) is 9.79. The first-order valence-electron chi connectivity index (χ1n) is 6.99. The highest BCUT2D eigenvalue weighted by molar-refractivity contribution is 7.92. The van der Waals surface area contributed by atoms with Crippen molar-refractivity contribution in [1.82, 2.24) is 0 Å². The van der Waals surface area contributed by atoms with E-state index in [0.29, 0.717) is 11.6 Å². The normalized spacial score (nSPS) is 11.7. The van der Waals surface area contributed by atoms with Crippen LogP contribution in [-0.4, -0.2) is 8.42 Å². The van der Waals surface area contributed by atoms with Gasteiger partial charge < -0.3 is 0 Å². The maximum absolute atomic E-state index is 12.4. The maximum Gasteiger partial charge on any atom is 0.261 e. The fourth-order valence-corrected chi connectivity index (χ4v) is 3.15. The number of hydrogen-bond acceptors (Lipinski definition) is 2. The summed E-state index contributed by atoms with van der Waals surface area (Å²) in [5, 5.41) is 0. The van der Waals surface area contributed by atoms with Crippen LogP contribution < -0.4 is 4.72 Å². The Labute approximate surface area is 127 Å². The monoisotopic (exact) mass is 303 g/mol. The van der Waals surface area contributed by atoms with Crippen molar-refractivity contribution in [3.8, 4) is 0 Å². The Morgan fingerprint density at radius 2 is 1.57 bits per heavy atom. The summed E-state index contributed by atoms with van der Waals surface area (Å²) in [5.74, 6) is 0.355. The van der Waals surface area contributed by atoms with Crippen molar-refractivity contribution in [2.45, 2.75) is 38.5 Å². The highest BCUT2D eigenvalue weighted by Gasteiger charge is 2.15. The molecule has 0 aliphatic rings. The first-order valence-corrected chi connectivity index (χ1v) is 8.48. The molecule has 2 aromatic rings. The standard InChI is InChI=1S/C17H21NO2S/c1-12(2)15-8-7-14(4)17(11-15)18-21(19,20)16-9-5-13(3)6-10-16/h5-12,18H,1-4H3. The summed E-state index contributed by atoms with van der Waals surface area (Å²) >= 11 is 0. The molecule has 0 spiro atoms. The van der Waals surface area contributed by atoms with Crippen LogP contribution in [-0.2, 0) is 10.0 Å². The molecular weight excluding hydrogens is 282 g/mol. The number of benzene rings is 2. The zero-order chi connectivity index (χ0) is 15.6. The summed E-state index contributed by atoms with van der Waals surface area (Å²) in [7, 11) is -3.55. The number of sulfonamides is 1. The number of rotatable bonds is 4. The second kappa shape index (κ2) is 5.90. The molecule has 0 aromatic heterocycles. The molecule has 2 rings (SSSR count). The van der Waals surface area contributed by atoms with E-state index in [2.05, 4.69) is 18.6 Å². The van der Waals surface area contributed by atoms with Crippen LogP contribution in [0.2, 0.25) is 0 Å². The zero-order valence-electron chi connectivity index (χ0n) is 12.8. The van der Waals surface area contributed by atoms with Gasteiger partial charge in [-0.05, 0) is 49.1 Å². The predicted molar refractivity (Wildman–Crippen MR) is 87.3 cm³/mol.